The van der Waals surface area contributed by atoms with Crippen molar-refractivity contribution in [2.75, 3.05) is 19.8 Å². The number of amides is 1. The summed E-state index contributed by atoms with van der Waals surface area (Å²) >= 11 is 0. The van der Waals surface area contributed by atoms with Crippen molar-refractivity contribution in [1.82, 2.24) is 4.90 Å². The Morgan fingerprint density at radius 1 is 1.32 bits per heavy atom. The molecule has 0 bridgehead atoms. The highest BCUT2D eigenvalue weighted by molar-refractivity contribution is 5.77. The number of carbonyl (C=O) groups is 2. The molecule has 6 heteroatoms. The van der Waals surface area contributed by atoms with Crippen LogP contribution in [0.15, 0.2) is 42.5 Å². The third-order valence-electron chi connectivity index (χ3n) is 5.13. The number of nitrogens with zero attached hydrogens (tertiary/aromatic N) is 1. The van der Waals surface area contributed by atoms with Crippen molar-refractivity contribution in [3.63, 3.8) is 0 Å². The van der Waals surface area contributed by atoms with E-state index in [9.17, 15) is 14.7 Å². The number of rotatable bonds is 11. The van der Waals surface area contributed by atoms with Crippen LogP contribution in [0.5, 0.6) is 0 Å². The van der Waals surface area contributed by atoms with Crippen LogP contribution in [0.25, 0.3) is 0 Å². The SMILES string of the molecule is C[C@@H](CC(O)Cc1ccccc1)[C@H]1CCCC(=O)N1C/C=C\COCC(=O)O. The van der Waals surface area contributed by atoms with Crippen LogP contribution in [-0.4, -0.2) is 58.9 Å². The van der Waals surface area contributed by atoms with Crippen LogP contribution < -0.4 is 0 Å². The number of hydrogen-bond acceptors (Lipinski definition) is 4. The van der Waals surface area contributed by atoms with E-state index in [0.29, 0.717) is 25.8 Å². The van der Waals surface area contributed by atoms with Gasteiger partial charge in [0.1, 0.15) is 6.61 Å². The van der Waals surface area contributed by atoms with E-state index in [-0.39, 0.29) is 31.1 Å². The lowest BCUT2D eigenvalue weighted by Crippen LogP contribution is -2.47. The summed E-state index contributed by atoms with van der Waals surface area (Å²) in [6, 6.07) is 10.0. The molecule has 28 heavy (non-hydrogen) atoms. The van der Waals surface area contributed by atoms with Crippen molar-refractivity contribution in [2.45, 2.75) is 51.2 Å². The Bertz CT molecular complexity index is 646. The van der Waals surface area contributed by atoms with Gasteiger partial charge in [0.05, 0.1) is 12.7 Å². The highest BCUT2D eigenvalue weighted by atomic mass is 16.5. The van der Waals surface area contributed by atoms with Gasteiger partial charge in [-0.15, -0.1) is 0 Å². The van der Waals surface area contributed by atoms with Crippen molar-refractivity contribution in [1.29, 1.82) is 0 Å². The monoisotopic (exact) mass is 389 g/mol. The van der Waals surface area contributed by atoms with Gasteiger partial charge in [0.25, 0.3) is 0 Å². The van der Waals surface area contributed by atoms with Crippen LogP contribution in [0, 0.1) is 5.92 Å². The molecule has 1 saturated heterocycles. The maximum atomic E-state index is 12.4. The lowest BCUT2D eigenvalue weighted by Gasteiger charge is -2.39. The van der Waals surface area contributed by atoms with Gasteiger partial charge in [0, 0.05) is 19.0 Å². The Kier molecular flexibility index (Phi) is 9.17. The molecule has 1 unspecified atom stereocenters. The van der Waals surface area contributed by atoms with Gasteiger partial charge in [0.15, 0.2) is 0 Å². The number of aliphatic carboxylic acids is 1. The van der Waals surface area contributed by atoms with Crippen molar-refractivity contribution < 1.29 is 24.5 Å². The van der Waals surface area contributed by atoms with Crippen LogP contribution in [0.3, 0.4) is 0 Å². The molecule has 3 atom stereocenters. The summed E-state index contributed by atoms with van der Waals surface area (Å²) in [5, 5.41) is 19.0. The summed E-state index contributed by atoms with van der Waals surface area (Å²) in [7, 11) is 0. The van der Waals surface area contributed by atoms with E-state index >= 15 is 0 Å². The number of hydrogen-bond donors (Lipinski definition) is 2. The number of carboxylic acids is 1. The number of piperidine rings is 1. The van der Waals surface area contributed by atoms with Gasteiger partial charge in [0.2, 0.25) is 5.91 Å². The van der Waals surface area contributed by atoms with Crippen LogP contribution in [0.4, 0.5) is 0 Å². The maximum Gasteiger partial charge on any atom is 0.329 e. The summed E-state index contributed by atoms with van der Waals surface area (Å²) in [5.74, 6) is -0.668. The van der Waals surface area contributed by atoms with E-state index in [1.807, 2.05) is 41.3 Å². The molecule has 1 fully saturated rings. The number of carboxylic acid groups (broad SMARTS) is 1. The Hall–Kier alpha value is -2.18. The zero-order chi connectivity index (χ0) is 20.4. The Balaban J connectivity index is 1.86. The molecule has 2 N–H and O–H groups in total. The average molecular weight is 389 g/mol. The molecule has 2 rings (SSSR count). The second-order valence-electron chi connectivity index (χ2n) is 7.44. The van der Waals surface area contributed by atoms with E-state index in [2.05, 4.69) is 6.92 Å². The smallest absolute Gasteiger partial charge is 0.329 e. The minimum absolute atomic E-state index is 0.108. The van der Waals surface area contributed by atoms with Gasteiger partial charge in [-0.3, -0.25) is 4.79 Å². The predicted molar refractivity (Wildman–Crippen MR) is 107 cm³/mol. The largest absolute Gasteiger partial charge is 0.480 e. The predicted octanol–water partition coefficient (Wildman–Crippen LogP) is 2.65. The van der Waals surface area contributed by atoms with Crippen LogP contribution in [-0.2, 0) is 20.7 Å². The summed E-state index contributed by atoms with van der Waals surface area (Å²) < 4.78 is 4.97. The first-order chi connectivity index (χ1) is 13.5. The van der Waals surface area contributed by atoms with Crippen molar-refractivity contribution in [3.05, 3.63) is 48.0 Å². The zero-order valence-corrected chi connectivity index (χ0v) is 16.5. The fourth-order valence-corrected chi connectivity index (χ4v) is 3.80. The standard InChI is InChI=1S/C22H31NO5/c1-17(14-19(24)15-18-8-3-2-4-9-18)20-10-7-11-21(25)23(20)12-5-6-13-28-16-22(26)27/h2-6,8-9,17,19-20,24H,7,10-16H2,1H3,(H,26,27)/b6-5-/t17-,19?,20+/m0/s1. The van der Waals surface area contributed by atoms with Gasteiger partial charge >= 0.3 is 5.97 Å². The Labute approximate surface area is 166 Å². The number of aliphatic hydroxyl groups is 1. The normalized spacial score (nSPS) is 19.7. The van der Waals surface area contributed by atoms with E-state index in [1.165, 1.54) is 0 Å². The molecule has 1 aromatic carbocycles. The highest BCUT2D eigenvalue weighted by Gasteiger charge is 2.31. The van der Waals surface area contributed by atoms with Gasteiger partial charge < -0.3 is 19.8 Å². The molecule has 0 radical (unpaired) electrons. The number of aliphatic hydroxyl groups excluding tert-OH is 1. The maximum absolute atomic E-state index is 12.4. The lowest BCUT2D eigenvalue weighted by atomic mass is 9.86. The third-order valence-corrected chi connectivity index (χ3v) is 5.13. The lowest BCUT2D eigenvalue weighted by molar-refractivity contribution is -0.141. The van der Waals surface area contributed by atoms with Crippen LogP contribution >= 0.6 is 0 Å². The van der Waals surface area contributed by atoms with Crippen molar-refractivity contribution in [2.24, 2.45) is 5.92 Å². The highest BCUT2D eigenvalue weighted by Crippen LogP contribution is 2.27. The van der Waals surface area contributed by atoms with Gasteiger partial charge in [-0.05, 0) is 37.2 Å². The second kappa shape index (κ2) is 11.6. The summed E-state index contributed by atoms with van der Waals surface area (Å²) in [6.45, 7) is 2.47. The number of carbonyl (C=O) groups excluding carboxylic acids is 1. The van der Waals surface area contributed by atoms with Gasteiger partial charge in [-0.25, -0.2) is 4.79 Å². The van der Waals surface area contributed by atoms with E-state index in [4.69, 9.17) is 9.84 Å². The molecule has 1 aromatic rings. The van der Waals surface area contributed by atoms with E-state index in [0.717, 1.165) is 18.4 Å². The van der Waals surface area contributed by atoms with Gasteiger partial charge in [-0.1, -0.05) is 49.4 Å². The van der Waals surface area contributed by atoms with Crippen molar-refractivity contribution in [3.8, 4) is 0 Å². The van der Waals surface area contributed by atoms with Crippen LogP contribution in [0.2, 0.25) is 0 Å². The topological polar surface area (TPSA) is 87.1 Å². The zero-order valence-electron chi connectivity index (χ0n) is 16.5. The molecule has 1 heterocycles. The molecule has 0 spiro atoms. The Morgan fingerprint density at radius 2 is 2.07 bits per heavy atom. The molecular weight excluding hydrogens is 358 g/mol. The third kappa shape index (κ3) is 7.44. The minimum Gasteiger partial charge on any atom is -0.480 e. The number of ether oxygens (including phenoxy) is 1. The van der Waals surface area contributed by atoms with E-state index < -0.39 is 12.1 Å². The first kappa shape index (κ1) is 22.1. The minimum atomic E-state index is -0.998. The first-order valence-electron chi connectivity index (χ1n) is 9.93. The molecule has 0 aliphatic carbocycles. The molecular formula is C22H31NO5. The van der Waals surface area contributed by atoms with E-state index in [1.54, 1.807) is 6.08 Å². The van der Waals surface area contributed by atoms with Crippen LogP contribution in [0.1, 0.15) is 38.2 Å². The molecule has 0 aromatic heterocycles. The molecule has 0 saturated carbocycles. The number of likely N-dealkylation sites (tertiary alicyclic amines) is 1. The summed E-state index contributed by atoms with van der Waals surface area (Å²) in [4.78, 5) is 24.7. The van der Waals surface area contributed by atoms with Crippen molar-refractivity contribution >= 4 is 11.9 Å². The molecule has 6 nitrogen and oxygen atoms in total. The molecule has 1 aliphatic rings. The average Bonchev–Trinajstić information content (AvgIpc) is 2.65. The fraction of sp³-hybridized carbons (Fsp3) is 0.545. The second-order valence-corrected chi connectivity index (χ2v) is 7.44. The molecule has 1 amide bonds. The molecule has 1 aliphatic heterocycles. The fourth-order valence-electron chi connectivity index (χ4n) is 3.80. The first-order valence-corrected chi connectivity index (χ1v) is 9.93. The molecule has 154 valence electrons. The summed E-state index contributed by atoms with van der Waals surface area (Å²) in [5.41, 5.74) is 1.11. The quantitative estimate of drug-likeness (QED) is 0.449. The summed E-state index contributed by atoms with van der Waals surface area (Å²) in [6.07, 6.45) is 6.80. The Morgan fingerprint density at radius 3 is 2.79 bits per heavy atom. The van der Waals surface area contributed by atoms with Gasteiger partial charge in [-0.2, -0.15) is 0 Å². The number of benzene rings is 1.